The van der Waals surface area contributed by atoms with Crippen molar-refractivity contribution in [2.24, 2.45) is 0 Å². The number of methoxy groups -OCH3 is 1. The van der Waals surface area contributed by atoms with Crippen molar-refractivity contribution in [3.63, 3.8) is 0 Å². The number of aromatic nitrogens is 2. The first-order valence-electron chi connectivity index (χ1n) is 9.14. The molecule has 3 rings (SSSR count). The minimum atomic E-state index is -0.165. The predicted molar refractivity (Wildman–Crippen MR) is 109 cm³/mol. The highest BCUT2D eigenvalue weighted by atomic mass is 16.5. The minimum absolute atomic E-state index is 0.118. The summed E-state index contributed by atoms with van der Waals surface area (Å²) in [6, 6.07) is 18.1. The summed E-state index contributed by atoms with van der Waals surface area (Å²) in [5, 5.41) is 7.30. The minimum Gasteiger partial charge on any atom is -0.497 e. The summed E-state index contributed by atoms with van der Waals surface area (Å²) in [5.41, 5.74) is 3.19. The summed E-state index contributed by atoms with van der Waals surface area (Å²) < 4.78 is 6.59. The molecule has 1 amide bonds. The number of hydrogen-bond acceptors (Lipinski definition) is 4. The van der Waals surface area contributed by atoms with E-state index in [2.05, 4.69) is 10.4 Å². The third kappa shape index (κ3) is 4.85. The van der Waals surface area contributed by atoms with Gasteiger partial charge in [0.2, 0.25) is 0 Å². The Morgan fingerprint density at radius 3 is 2.43 bits per heavy atom. The molecule has 2 aromatic carbocycles. The molecule has 1 N–H and O–H groups in total. The smallest absolute Gasteiger partial charge is 0.266 e. The van der Waals surface area contributed by atoms with Gasteiger partial charge in [-0.25, -0.2) is 4.68 Å². The van der Waals surface area contributed by atoms with Crippen molar-refractivity contribution in [1.82, 2.24) is 15.1 Å². The monoisotopic (exact) mass is 377 g/mol. The van der Waals surface area contributed by atoms with E-state index in [1.807, 2.05) is 43.3 Å². The van der Waals surface area contributed by atoms with Gasteiger partial charge in [-0.2, -0.15) is 5.10 Å². The molecule has 0 aliphatic carbocycles. The van der Waals surface area contributed by atoms with Crippen molar-refractivity contribution in [3.05, 3.63) is 82.1 Å². The molecule has 3 aromatic rings. The van der Waals surface area contributed by atoms with Gasteiger partial charge in [-0.15, -0.1) is 0 Å². The molecule has 0 unspecified atom stereocenters. The molecule has 0 atom stereocenters. The SMILES string of the molecule is COc1ccc(-c2ccc(=O)n(CCCNC(=O)c3ccc(C)cc3)n2)cc1. The van der Waals surface area contributed by atoms with Crippen LogP contribution in [0.1, 0.15) is 22.3 Å². The molecule has 1 aromatic heterocycles. The van der Waals surface area contributed by atoms with Crippen LogP contribution in [0.15, 0.2) is 65.5 Å². The molecular formula is C22H23N3O3. The molecule has 0 spiro atoms. The van der Waals surface area contributed by atoms with E-state index in [0.29, 0.717) is 30.8 Å². The third-order valence-corrected chi connectivity index (χ3v) is 4.40. The van der Waals surface area contributed by atoms with Gasteiger partial charge in [0.25, 0.3) is 11.5 Å². The molecule has 28 heavy (non-hydrogen) atoms. The van der Waals surface area contributed by atoms with Crippen molar-refractivity contribution in [3.8, 4) is 17.0 Å². The third-order valence-electron chi connectivity index (χ3n) is 4.40. The maximum absolute atomic E-state index is 12.1. The van der Waals surface area contributed by atoms with E-state index in [1.165, 1.54) is 10.7 Å². The highest BCUT2D eigenvalue weighted by Crippen LogP contribution is 2.19. The molecule has 1 heterocycles. The van der Waals surface area contributed by atoms with E-state index in [-0.39, 0.29) is 11.5 Å². The van der Waals surface area contributed by atoms with E-state index >= 15 is 0 Å². The second-order valence-electron chi connectivity index (χ2n) is 6.48. The highest BCUT2D eigenvalue weighted by molar-refractivity contribution is 5.94. The molecule has 0 saturated heterocycles. The first-order chi connectivity index (χ1) is 13.6. The van der Waals surface area contributed by atoms with Crippen LogP contribution in [-0.2, 0) is 6.54 Å². The zero-order valence-electron chi connectivity index (χ0n) is 16.0. The maximum atomic E-state index is 12.1. The molecule has 0 fully saturated rings. The lowest BCUT2D eigenvalue weighted by atomic mass is 10.1. The number of benzene rings is 2. The van der Waals surface area contributed by atoms with Crippen LogP contribution in [0, 0.1) is 6.92 Å². The average molecular weight is 377 g/mol. The van der Waals surface area contributed by atoms with Gasteiger partial charge in [0.1, 0.15) is 5.75 Å². The van der Waals surface area contributed by atoms with Gasteiger partial charge in [-0.1, -0.05) is 17.7 Å². The van der Waals surface area contributed by atoms with Crippen molar-refractivity contribution >= 4 is 5.91 Å². The first kappa shape index (κ1) is 19.4. The van der Waals surface area contributed by atoms with E-state index < -0.39 is 0 Å². The molecule has 6 heteroatoms. The summed E-state index contributed by atoms with van der Waals surface area (Å²) in [5.74, 6) is 0.647. The number of carbonyl (C=O) groups is 1. The Morgan fingerprint density at radius 2 is 1.75 bits per heavy atom. The number of carbonyl (C=O) groups excluding carboxylic acids is 1. The number of ether oxygens (including phenoxy) is 1. The normalized spacial score (nSPS) is 10.5. The molecule has 0 aliphatic heterocycles. The summed E-state index contributed by atoms with van der Waals surface area (Å²) in [7, 11) is 1.62. The molecule has 0 saturated carbocycles. The van der Waals surface area contributed by atoms with Crippen molar-refractivity contribution in [1.29, 1.82) is 0 Å². The Morgan fingerprint density at radius 1 is 1.04 bits per heavy atom. The summed E-state index contributed by atoms with van der Waals surface area (Å²) in [4.78, 5) is 24.2. The van der Waals surface area contributed by atoms with E-state index in [9.17, 15) is 9.59 Å². The van der Waals surface area contributed by atoms with Crippen LogP contribution >= 0.6 is 0 Å². The van der Waals surface area contributed by atoms with Crippen molar-refractivity contribution in [2.75, 3.05) is 13.7 Å². The standard InChI is InChI=1S/C22H23N3O3/c1-16-4-6-18(7-5-16)22(27)23-14-3-15-25-21(26)13-12-20(24-25)17-8-10-19(28-2)11-9-17/h4-13H,3,14-15H2,1-2H3,(H,23,27). The predicted octanol–water partition coefficient (Wildman–Crippen LogP) is 3.05. The second-order valence-corrected chi connectivity index (χ2v) is 6.48. The lowest BCUT2D eigenvalue weighted by Gasteiger charge is -2.09. The van der Waals surface area contributed by atoms with Crippen LogP contribution in [0.4, 0.5) is 0 Å². The molecule has 0 radical (unpaired) electrons. The fraction of sp³-hybridized carbons (Fsp3) is 0.227. The zero-order valence-corrected chi connectivity index (χ0v) is 16.0. The number of aryl methyl sites for hydroxylation is 2. The number of nitrogens with zero attached hydrogens (tertiary/aromatic N) is 2. The summed E-state index contributed by atoms with van der Waals surface area (Å²) in [6.45, 7) is 2.87. The Hall–Kier alpha value is -3.41. The van der Waals surface area contributed by atoms with Crippen LogP contribution in [0.5, 0.6) is 5.75 Å². The van der Waals surface area contributed by atoms with Crippen LogP contribution in [-0.4, -0.2) is 29.3 Å². The summed E-state index contributed by atoms with van der Waals surface area (Å²) >= 11 is 0. The quantitative estimate of drug-likeness (QED) is 0.643. The number of amides is 1. The lowest BCUT2D eigenvalue weighted by molar-refractivity contribution is 0.0952. The molecule has 6 nitrogen and oxygen atoms in total. The molecular weight excluding hydrogens is 354 g/mol. The van der Waals surface area contributed by atoms with Gasteiger partial charge < -0.3 is 10.1 Å². The van der Waals surface area contributed by atoms with Crippen LogP contribution in [0.3, 0.4) is 0 Å². The van der Waals surface area contributed by atoms with Crippen molar-refractivity contribution in [2.45, 2.75) is 19.9 Å². The molecule has 0 bridgehead atoms. The van der Waals surface area contributed by atoms with Gasteiger partial charge >= 0.3 is 0 Å². The lowest BCUT2D eigenvalue weighted by Crippen LogP contribution is -2.28. The molecule has 0 aliphatic rings. The Bertz CT molecular complexity index is 993. The average Bonchev–Trinajstić information content (AvgIpc) is 2.73. The number of nitrogens with one attached hydrogen (secondary N) is 1. The van der Waals surface area contributed by atoms with Crippen LogP contribution in [0.2, 0.25) is 0 Å². The highest BCUT2D eigenvalue weighted by Gasteiger charge is 2.06. The Kier molecular flexibility index (Phi) is 6.22. The van der Waals surface area contributed by atoms with E-state index in [0.717, 1.165) is 16.9 Å². The van der Waals surface area contributed by atoms with E-state index in [4.69, 9.17) is 4.74 Å². The van der Waals surface area contributed by atoms with Gasteiger partial charge in [0, 0.05) is 30.3 Å². The maximum Gasteiger partial charge on any atom is 0.266 e. The fourth-order valence-electron chi connectivity index (χ4n) is 2.76. The molecule has 144 valence electrons. The zero-order chi connectivity index (χ0) is 19.9. The van der Waals surface area contributed by atoms with Crippen molar-refractivity contribution < 1.29 is 9.53 Å². The first-order valence-corrected chi connectivity index (χ1v) is 9.14. The van der Waals surface area contributed by atoms with Gasteiger partial charge in [0.15, 0.2) is 0 Å². The summed E-state index contributed by atoms with van der Waals surface area (Å²) in [6.07, 6.45) is 0.608. The van der Waals surface area contributed by atoms with Gasteiger partial charge in [-0.3, -0.25) is 9.59 Å². The Labute approximate surface area is 163 Å². The number of rotatable bonds is 7. The van der Waals surface area contributed by atoms with E-state index in [1.54, 1.807) is 25.3 Å². The van der Waals surface area contributed by atoms with Gasteiger partial charge in [-0.05, 0) is 55.8 Å². The second kappa shape index (κ2) is 8.99. The Balaban J connectivity index is 1.58. The van der Waals surface area contributed by atoms with Gasteiger partial charge in [0.05, 0.1) is 12.8 Å². The fourth-order valence-corrected chi connectivity index (χ4v) is 2.76. The largest absolute Gasteiger partial charge is 0.497 e. The number of hydrogen-bond donors (Lipinski definition) is 1. The van der Waals surface area contributed by atoms with Crippen LogP contribution in [0.25, 0.3) is 11.3 Å². The topological polar surface area (TPSA) is 73.2 Å². The van der Waals surface area contributed by atoms with Crippen LogP contribution < -0.4 is 15.6 Å².